The van der Waals surface area contributed by atoms with Gasteiger partial charge in [0.2, 0.25) is 0 Å². The van der Waals surface area contributed by atoms with Crippen LogP contribution in [0.2, 0.25) is 0 Å². The number of aromatic nitrogens is 5. The van der Waals surface area contributed by atoms with Crippen LogP contribution in [0.4, 0.5) is 10.1 Å². The number of rotatable bonds is 7. The summed E-state index contributed by atoms with van der Waals surface area (Å²) in [5.41, 5.74) is 7.93. The minimum Gasteiger partial charge on any atom is -0.384 e. The SMILES string of the molecule is CN(C)CCNc1cc(F)cc(-c2ccnc3[nH]c(-c4n[nH]c5cnc(C6=CCNCC6)cc45)cc23)c1. The van der Waals surface area contributed by atoms with Gasteiger partial charge in [-0.05, 0) is 80.2 Å². The molecule has 0 saturated heterocycles. The molecule has 5 aromatic rings. The van der Waals surface area contributed by atoms with Crippen LogP contribution in [-0.2, 0) is 0 Å². The molecule has 1 aliphatic heterocycles. The van der Waals surface area contributed by atoms with E-state index in [1.165, 1.54) is 11.6 Å². The van der Waals surface area contributed by atoms with Gasteiger partial charge in [0.05, 0.1) is 23.1 Å². The van der Waals surface area contributed by atoms with E-state index in [2.05, 4.69) is 52.8 Å². The summed E-state index contributed by atoms with van der Waals surface area (Å²) in [5.74, 6) is -0.281. The number of likely N-dealkylation sites (N-methyl/N-ethyl adjacent to an activating group) is 1. The maximum Gasteiger partial charge on any atom is 0.138 e. The van der Waals surface area contributed by atoms with Crippen molar-refractivity contribution in [1.29, 1.82) is 0 Å². The Kier molecular flexibility index (Phi) is 6.15. The smallest absolute Gasteiger partial charge is 0.138 e. The average Bonchev–Trinajstić information content (AvgIpc) is 3.52. The summed E-state index contributed by atoms with van der Waals surface area (Å²) < 4.78 is 14.6. The number of nitrogens with zero attached hydrogens (tertiary/aromatic N) is 4. The molecule has 8 nitrogen and oxygen atoms in total. The summed E-state index contributed by atoms with van der Waals surface area (Å²) in [5, 5.41) is 16.3. The topological polar surface area (TPSA) is 97.5 Å². The lowest BCUT2D eigenvalue weighted by Gasteiger charge is -2.13. The highest BCUT2D eigenvalue weighted by Crippen LogP contribution is 2.35. The van der Waals surface area contributed by atoms with E-state index in [0.717, 1.165) is 88.4 Å². The van der Waals surface area contributed by atoms with Crippen LogP contribution in [0.3, 0.4) is 0 Å². The Labute approximate surface area is 214 Å². The van der Waals surface area contributed by atoms with E-state index in [1.54, 1.807) is 12.3 Å². The Hall–Kier alpha value is -4.08. The second kappa shape index (κ2) is 9.76. The number of H-pyrrole nitrogens is 2. The minimum absolute atomic E-state index is 0.281. The summed E-state index contributed by atoms with van der Waals surface area (Å²) in [4.78, 5) is 14.7. The van der Waals surface area contributed by atoms with Crippen molar-refractivity contribution >= 4 is 33.2 Å². The van der Waals surface area contributed by atoms with Crippen LogP contribution in [0.25, 0.3) is 50.0 Å². The van der Waals surface area contributed by atoms with Crippen molar-refractivity contribution in [3.63, 3.8) is 0 Å². The van der Waals surface area contributed by atoms with Gasteiger partial charge in [0.15, 0.2) is 0 Å². The van der Waals surface area contributed by atoms with Crippen LogP contribution in [0, 0.1) is 5.82 Å². The summed E-state index contributed by atoms with van der Waals surface area (Å²) >= 11 is 0. The zero-order chi connectivity index (χ0) is 25.4. The third-order valence-corrected chi connectivity index (χ3v) is 6.72. The van der Waals surface area contributed by atoms with Crippen molar-refractivity contribution < 1.29 is 4.39 Å². The lowest BCUT2D eigenvalue weighted by Crippen LogP contribution is -2.20. The molecule has 4 N–H and O–H groups in total. The third-order valence-electron chi connectivity index (χ3n) is 6.72. The number of benzene rings is 1. The second-order valence-electron chi connectivity index (χ2n) is 9.63. The fraction of sp³-hybridized carbons (Fsp3) is 0.250. The summed E-state index contributed by atoms with van der Waals surface area (Å²) in [6.07, 6.45) is 6.73. The first-order valence-electron chi connectivity index (χ1n) is 12.5. The van der Waals surface area contributed by atoms with Gasteiger partial charge in [0, 0.05) is 42.3 Å². The summed E-state index contributed by atoms with van der Waals surface area (Å²) in [6, 6.07) is 11.1. The normalized spacial score (nSPS) is 14.0. The summed E-state index contributed by atoms with van der Waals surface area (Å²) in [6.45, 7) is 3.39. The number of pyridine rings is 2. The zero-order valence-electron chi connectivity index (χ0n) is 20.9. The first kappa shape index (κ1) is 23.3. The van der Waals surface area contributed by atoms with Crippen LogP contribution >= 0.6 is 0 Å². The van der Waals surface area contributed by atoms with Gasteiger partial charge in [0.1, 0.15) is 17.2 Å². The molecule has 0 aliphatic carbocycles. The second-order valence-corrected chi connectivity index (χ2v) is 9.63. The third kappa shape index (κ3) is 4.71. The minimum atomic E-state index is -0.281. The summed E-state index contributed by atoms with van der Waals surface area (Å²) in [7, 11) is 4.03. The van der Waals surface area contributed by atoms with Crippen molar-refractivity contribution in [1.82, 2.24) is 35.4 Å². The molecule has 4 aromatic heterocycles. The molecule has 0 radical (unpaired) electrons. The Balaban J connectivity index is 1.39. The molecule has 37 heavy (non-hydrogen) atoms. The van der Waals surface area contributed by atoms with E-state index in [1.807, 2.05) is 38.5 Å². The van der Waals surface area contributed by atoms with Gasteiger partial charge in [-0.25, -0.2) is 9.37 Å². The van der Waals surface area contributed by atoms with Crippen LogP contribution in [0.15, 0.2) is 54.9 Å². The van der Waals surface area contributed by atoms with E-state index >= 15 is 0 Å². The number of hydrogen-bond acceptors (Lipinski definition) is 6. The highest BCUT2D eigenvalue weighted by molar-refractivity contribution is 6.00. The van der Waals surface area contributed by atoms with Crippen LogP contribution < -0.4 is 10.6 Å². The molecule has 0 atom stereocenters. The number of nitrogens with one attached hydrogen (secondary N) is 4. The predicted molar refractivity (Wildman–Crippen MR) is 147 cm³/mol. The molecule has 188 valence electrons. The Morgan fingerprint density at radius 2 is 2.00 bits per heavy atom. The van der Waals surface area contributed by atoms with Gasteiger partial charge in [0.25, 0.3) is 0 Å². The molecule has 0 spiro atoms. The van der Waals surface area contributed by atoms with Gasteiger partial charge >= 0.3 is 0 Å². The van der Waals surface area contributed by atoms with E-state index in [4.69, 9.17) is 0 Å². The van der Waals surface area contributed by atoms with Crippen molar-refractivity contribution in [2.75, 3.05) is 45.6 Å². The standard InChI is InChI=1S/C28H29FN8/c1-37(2)10-9-31-20-12-18(11-19(29)13-20)21-5-8-32-28-22(21)14-25(34-28)27-23-15-24(17-3-6-30-7-4-17)33-16-26(23)35-36-27/h3,5,8,11-16,30-31H,4,6-7,9-10H2,1-2H3,(H,32,34)(H,35,36). The van der Waals surface area contributed by atoms with Gasteiger partial charge in [-0.1, -0.05) is 6.08 Å². The van der Waals surface area contributed by atoms with Crippen molar-refractivity contribution in [2.45, 2.75) is 6.42 Å². The number of anilines is 1. The molecule has 0 unspecified atom stereocenters. The van der Waals surface area contributed by atoms with Crippen LogP contribution in [0.1, 0.15) is 12.1 Å². The number of hydrogen-bond donors (Lipinski definition) is 4. The van der Waals surface area contributed by atoms with E-state index in [9.17, 15) is 4.39 Å². The van der Waals surface area contributed by atoms with Crippen LogP contribution in [0.5, 0.6) is 0 Å². The van der Waals surface area contributed by atoms with Crippen molar-refractivity contribution in [3.8, 4) is 22.5 Å². The van der Waals surface area contributed by atoms with Crippen LogP contribution in [-0.4, -0.2) is 70.3 Å². The number of fused-ring (bicyclic) bond motifs is 2. The monoisotopic (exact) mass is 496 g/mol. The molecule has 0 fully saturated rings. The molecule has 0 bridgehead atoms. The Morgan fingerprint density at radius 1 is 1.08 bits per heavy atom. The van der Waals surface area contributed by atoms with Gasteiger partial charge in [-0.3, -0.25) is 10.1 Å². The Morgan fingerprint density at radius 3 is 2.84 bits per heavy atom. The van der Waals surface area contributed by atoms with E-state index in [-0.39, 0.29) is 5.82 Å². The highest BCUT2D eigenvalue weighted by atomic mass is 19.1. The van der Waals surface area contributed by atoms with Gasteiger partial charge < -0.3 is 20.5 Å². The first-order chi connectivity index (χ1) is 18.0. The maximum atomic E-state index is 14.6. The average molecular weight is 497 g/mol. The van der Waals surface area contributed by atoms with Crippen molar-refractivity contribution in [3.05, 3.63) is 66.4 Å². The molecular weight excluding hydrogens is 467 g/mol. The molecule has 6 rings (SSSR count). The van der Waals surface area contributed by atoms with E-state index in [0.29, 0.717) is 0 Å². The first-order valence-corrected chi connectivity index (χ1v) is 12.5. The molecule has 0 amide bonds. The largest absolute Gasteiger partial charge is 0.384 e. The van der Waals surface area contributed by atoms with Gasteiger partial charge in [-0.15, -0.1) is 0 Å². The molecule has 5 heterocycles. The predicted octanol–water partition coefficient (Wildman–Crippen LogP) is 4.66. The lowest BCUT2D eigenvalue weighted by molar-refractivity contribution is 0.425. The lowest BCUT2D eigenvalue weighted by atomic mass is 10.0. The molecule has 1 aliphatic rings. The quantitative estimate of drug-likeness (QED) is 0.262. The number of halogens is 1. The number of aromatic amines is 2. The fourth-order valence-corrected chi connectivity index (χ4v) is 4.83. The highest BCUT2D eigenvalue weighted by Gasteiger charge is 2.17. The fourth-order valence-electron chi connectivity index (χ4n) is 4.83. The van der Waals surface area contributed by atoms with Crippen molar-refractivity contribution in [2.24, 2.45) is 0 Å². The maximum absolute atomic E-state index is 14.6. The van der Waals surface area contributed by atoms with Gasteiger partial charge in [-0.2, -0.15) is 5.10 Å². The molecular formula is C28H29FN8. The zero-order valence-corrected chi connectivity index (χ0v) is 20.9. The Bertz CT molecular complexity index is 1610. The van der Waals surface area contributed by atoms with E-state index < -0.39 is 0 Å². The molecule has 0 saturated carbocycles. The molecule has 1 aromatic carbocycles. The molecule has 9 heteroatoms.